The molecule has 1 aromatic heterocycles. The molecule has 2 aliphatic heterocycles. The smallest absolute Gasteiger partial charge is 0.318 e. The predicted octanol–water partition coefficient (Wildman–Crippen LogP) is 2.15. The number of nitrogens with one attached hydrogen (secondary N) is 1. The topological polar surface area (TPSA) is 114 Å². The van der Waals surface area contributed by atoms with Crippen LogP contribution in [0.4, 0.5) is 9.18 Å². The van der Waals surface area contributed by atoms with E-state index in [1.54, 1.807) is 10.6 Å². The normalized spacial score (nSPS) is 18.5. The summed E-state index contributed by atoms with van der Waals surface area (Å²) in [5.41, 5.74) is 7.08. The number of rotatable bonds is 3. The molecule has 0 spiro atoms. The molecule has 1 aromatic carbocycles. The molecule has 0 saturated carbocycles. The quantitative estimate of drug-likeness (QED) is 0.718. The van der Waals surface area contributed by atoms with E-state index in [1.807, 2.05) is 0 Å². The van der Waals surface area contributed by atoms with Crippen LogP contribution in [0.5, 0.6) is 0 Å². The number of amides is 3. The van der Waals surface area contributed by atoms with Gasteiger partial charge in [-0.15, -0.1) is 0 Å². The van der Waals surface area contributed by atoms with Crippen LogP contribution in [0.1, 0.15) is 28.9 Å². The summed E-state index contributed by atoms with van der Waals surface area (Å²) in [6.07, 6.45) is 0.751. The number of sulfone groups is 1. The number of hydrogen-bond donors (Lipinski definition) is 2. The van der Waals surface area contributed by atoms with E-state index in [0.29, 0.717) is 42.8 Å². The van der Waals surface area contributed by atoms with Gasteiger partial charge in [-0.05, 0) is 30.5 Å². The number of nitrogens with zero attached hydrogens (tertiary/aromatic N) is 2. The van der Waals surface area contributed by atoms with E-state index in [-0.39, 0.29) is 40.8 Å². The molecule has 166 valence electrons. The molecule has 2 aromatic rings. The maximum atomic E-state index is 13.8. The van der Waals surface area contributed by atoms with Gasteiger partial charge in [-0.3, -0.25) is 4.79 Å². The molecule has 0 radical (unpaired) electrons. The Kier molecular flexibility index (Phi) is 5.69. The summed E-state index contributed by atoms with van der Waals surface area (Å²) >= 11 is 6.54. The number of fused-ring (bicyclic) bond motifs is 1. The third-order valence-corrected chi connectivity index (χ3v) is 7.88. The minimum absolute atomic E-state index is 0.0548. The standard InChI is InChI=1S/C20H22ClFN4O4S/c21-18-16(12-2-1-3-13(22)10-12)17(19(23)27)15-11-25(6-7-26(15)18)20(28)24-14-4-8-31(29,30)9-5-14/h1-3,10,14H,4-9,11H2,(H2,23,27)(H,24,28). The molecular weight excluding hydrogens is 447 g/mol. The summed E-state index contributed by atoms with van der Waals surface area (Å²) in [4.78, 5) is 26.6. The number of urea groups is 1. The number of aromatic nitrogens is 1. The third kappa shape index (κ3) is 4.27. The SMILES string of the molecule is NC(=O)c1c(-c2cccc(F)c2)c(Cl)n2c1CN(C(=O)NC1CCS(=O)(=O)CC1)CC2. The fourth-order valence-electron chi connectivity index (χ4n) is 4.16. The molecule has 11 heteroatoms. The van der Waals surface area contributed by atoms with Crippen molar-refractivity contribution in [1.29, 1.82) is 0 Å². The number of primary amides is 1. The van der Waals surface area contributed by atoms with Gasteiger partial charge in [0.2, 0.25) is 0 Å². The lowest BCUT2D eigenvalue weighted by atomic mass is 10.0. The summed E-state index contributed by atoms with van der Waals surface area (Å²) in [6.45, 7) is 0.791. The molecule has 1 fully saturated rings. The van der Waals surface area contributed by atoms with Crippen molar-refractivity contribution in [3.05, 3.63) is 46.5 Å². The lowest BCUT2D eigenvalue weighted by Gasteiger charge is -2.32. The van der Waals surface area contributed by atoms with Crippen molar-refractivity contribution in [1.82, 2.24) is 14.8 Å². The Bertz CT molecular complexity index is 1150. The number of hydrogen-bond acceptors (Lipinski definition) is 4. The van der Waals surface area contributed by atoms with Gasteiger partial charge >= 0.3 is 6.03 Å². The number of halogens is 2. The number of carbonyl (C=O) groups excluding carboxylic acids is 2. The molecule has 0 bridgehead atoms. The summed E-state index contributed by atoms with van der Waals surface area (Å²) in [6, 6.07) is 5.18. The van der Waals surface area contributed by atoms with Gasteiger partial charge < -0.3 is 20.5 Å². The Labute approximate surface area is 184 Å². The van der Waals surface area contributed by atoms with Crippen LogP contribution in [0, 0.1) is 5.82 Å². The second kappa shape index (κ2) is 8.16. The molecule has 1 saturated heterocycles. The highest BCUT2D eigenvalue weighted by atomic mass is 35.5. The first-order chi connectivity index (χ1) is 14.7. The minimum atomic E-state index is -3.02. The van der Waals surface area contributed by atoms with Crippen LogP contribution >= 0.6 is 11.6 Å². The van der Waals surface area contributed by atoms with Crippen LogP contribution in [-0.4, -0.2) is 53.9 Å². The van der Waals surface area contributed by atoms with Gasteiger partial charge in [0.25, 0.3) is 5.91 Å². The Hall–Kier alpha value is -2.59. The van der Waals surface area contributed by atoms with Gasteiger partial charge in [0.1, 0.15) is 20.8 Å². The van der Waals surface area contributed by atoms with Crippen LogP contribution in [0.15, 0.2) is 24.3 Å². The van der Waals surface area contributed by atoms with Crippen molar-refractivity contribution in [2.45, 2.75) is 32.0 Å². The fraction of sp³-hybridized carbons (Fsp3) is 0.400. The van der Waals surface area contributed by atoms with Crippen LogP contribution in [0.2, 0.25) is 5.15 Å². The van der Waals surface area contributed by atoms with E-state index < -0.39 is 21.6 Å². The zero-order valence-corrected chi connectivity index (χ0v) is 18.2. The van der Waals surface area contributed by atoms with E-state index in [9.17, 15) is 22.4 Å². The molecule has 0 atom stereocenters. The second-order valence-electron chi connectivity index (χ2n) is 7.81. The van der Waals surface area contributed by atoms with Crippen molar-refractivity contribution in [3.8, 4) is 11.1 Å². The third-order valence-electron chi connectivity index (χ3n) is 5.77. The summed E-state index contributed by atoms with van der Waals surface area (Å²) in [5.74, 6) is -1.07. The van der Waals surface area contributed by atoms with E-state index in [4.69, 9.17) is 17.3 Å². The first-order valence-corrected chi connectivity index (χ1v) is 12.1. The second-order valence-corrected chi connectivity index (χ2v) is 10.5. The van der Waals surface area contributed by atoms with Gasteiger partial charge in [0, 0.05) is 24.7 Å². The van der Waals surface area contributed by atoms with Gasteiger partial charge in [-0.2, -0.15) is 0 Å². The highest BCUT2D eigenvalue weighted by Gasteiger charge is 2.33. The molecule has 3 heterocycles. The molecule has 3 N–H and O–H groups in total. The van der Waals surface area contributed by atoms with E-state index in [1.165, 1.54) is 23.1 Å². The van der Waals surface area contributed by atoms with Gasteiger partial charge in [-0.1, -0.05) is 23.7 Å². The van der Waals surface area contributed by atoms with Crippen LogP contribution in [0.25, 0.3) is 11.1 Å². The van der Waals surface area contributed by atoms with Gasteiger partial charge in [0.05, 0.1) is 29.3 Å². The molecular formula is C20H22ClFN4O4S. The number of carbonyl (C=O) groups is 2. The molecule has 0 unspecified atom stereocenters. The highest BCUT2D eigenvalue weighted by Crippen LogP contribution is 2.38. The fourth-order valence-corrected chi connectivity index (χ4v) is 6.04. The Morgan fingerprint density at radius 2 is 1.90 bits per heavy atom. The highest BCUT2D eigenvalue weighted by molar-refractivity contribution is 7.91. The first-order valence-electron chi connectivity index (χ1n) is 9.89. The lowest BCUT2D eigenvalue weighted by molar-refractivity contribution is 0.0997. The monoisotopic (exact) mass is 468 g/mol. The summed E-state index contributed by atoms with van der Waals surface area (Å²) in [5, 5.41) is 3.15. The average molecular weight is 469 g/mol. The molecule has 0 aliphatic carbocycles. The molecule has 4 rings (SSSR count). The number of benzene rings is 1. The predicted molar refractivity (Wildman–Crippen MR) is 114 cm³/mol. The van der Waals surface area contributed by atoms with Crippen LogP contribution < -0.4 is 11.1 Å². The van der Waals surface area contributed by atoms with Crippen molar-refractivity contribution in [2.75, 3.05) is 18.1 Å². The molecule has 31 heavy (non-hydrogen) atoms. The maximum Gasteiger partial charge on any atom is 0.318 e. The van der Waals surface area contributed by atoms with Crippen molar-refractivity contribution < 1.29 is 22.4 Å². The first kappa shape index (κ1) is 21.6. The van der Waals surface area contributed by atoms with Gasteiger partial charge in [0.15, 0.2) is 0 Å². The Balaban J connectivity index is 1.59. The molecule has 8 nitrogen and oxygen atoms in total. The molecule has 3 amide bonds. The lowest BCUT2D eigenvalue weighted by Crippen LogP contribution is -2.49. The molecule has 2 aliphatic rings. The van der Waals surface area contributed by atoms with Gasteiger partial charge in [-0.25, -0.2) is 17.6 Å². The Morgan fingerprint density at radius 3 is 2.55 bits per heavy atom. The van der Waals surface area contributed by atoms with Crippen molar-refractivity contribution in [2.24, 2.45) is 5.73 Å². The summed E-state index contributed by atoms with van der Waals surface area (Å²) in [7, 11) is -3.02. The van der Waals surface area contributed by atoms with Crippen LogP contribution in [-0.2, 0) is 22.9 Å². The number of nitrogens with two attached hydrogens (primary N) is 1. The Morgan fingerprint density at radius 1 is 1.19 bits per heavy atom. The zero-order chi connectivity index (χ0) is 22.3. The van der Waals surface area contributed by atoms with Crippen molar-refractivity contribution in [3.63, 3.8) is 0 Å². The minimum Gasteiger partial charge on any atom is -0.366 e. The maximum absolute atomic E-state index is 13.8. The largest absolute Gasteiger partial charge is 0.366 e. The summed E-state index contributed by atoms with van der Waals surface area (Å²) < 4.78 is 38.7. The van der Waals surface area contributed by atoms with Crippen LogP contribution in [0.3, 0.4) is 0 Å². The van der Waals surface area contributed by atoms with Crippen molar-refractivity contribution >= 4 is 33.4 Å². The van der Waals surface area contributed by atoms with E-state index >= 15 is 0 Å². The zero-order valence-electron chi connectivity index (χ0n) is 16.6. The average Bonchev–Trinajstić information content (AvgIpc) is 3.01. The van der Waals surface area contributed by atoms with E-state index in [2.05, 4.69) is 5.32 Å². The van der Waals surface area contributed by atoms with E-state index in [0.717, 1.165) is 0 Å².